The summed E-state index contributed by atoms with van der Waals surface area (Å²) in [6, 6.07) is 8.94. The first-order valence-electron chi connectivity index (χ1n) is 11.2. The Kier molecular flexibility index (Phi) is 6.99. The zero-order valence-corrected chi connectivity index (χ0v) is 21.7. The molecule has 1 heterocycles. The third-order valence-electron chi connectivity index (χ3n) is 5.59. The van der Waals surface area contributed by atoms with Crippen molar-refractivity contribution in [1.82, 2.24) is 15.0 Å². The lowest BCUT2D eigenvalue weighted by Crippen LogP contribution is -2.38. The molecule has 4 rings (SSSR count). The van der Waals surface area contributed by atoms with Crippen LogP contribution in [-0.4, -0.2) is 46.2 Å². The molecule has 0 spiro atoms. The van der Waals surface area contributed by atoms with Crippen LogP contribution in [0.25, 0.3) is 11.5 Å². The van der Waals surface area contributed by atoms with E-state index in [1.165, 1.54) is 24.1 Å². The number of anilines is 1. The lowest BCUT2D eigenvalue weighted by Gasteiger charge is -2.24. The third kappa shape index (κ3) is 5.63. The summed E-state index contributed by atoms with van der Waals surface area (Å²) in [6.45, 7) is 5.02. The Morgan fingerprint density at radius 2 is 1.78 bits per heavy atom. The number of benzene rings is 2. The Morgan fingerprint density at radius 1 is 1.17 bits per heavy atom. The van der Waals surface area contributed by atoms with Gasteiger partial charge in [0.05, 0.1) is 5.41 Å². The maximum Gasteiger partial charge on any atom is 0.410 e. The summed E-state index contributed by atoms with van der Waals surface area (Å²) in [5, 5.41) is 7.51. The van der Waals surface area contributed by atoms with Crippen LogP contribution in [0.2, 0.25) is 10.0 Å². The van der Waals surface area contributed by atoms with E-state index in [0.717, 1.165) is 0 Å². The second-order valence-electron chi connectivity index (χ2n) is 9.71. The van der Waals surface area contributed by atoms with Gasteiger partial charge >= 0.3 is 6.09 Å². The van der Waals surface area contributed by atoms with Crippen molar-refractivity contribution < 1.29 is 23.2 Å². The van der Waals surface area contributed by atoms with E-state index >= 15 is 0 Å². The number of likely N-dealkylation sites (N-methyl/N-ethyl adjacent to an activating group) is 1. The molecule has 0 radical (unpaired) electrons. The average Bonchev–Trinajstić information content (AvgIpc) is 3.39. The first-order chi connectivity index (χ1) is 16.9. The number of halogens is 3. The number of carbonyl (C=O) groups excluding carboxylic acids is 2. The molecule has 0 atom stereocenters. The van der Waals surface area contributed by atoms with Gasteiger partial charge in [0, 0.05) is 33.9 Å². The first kappa shape index (κ1) is 25.9. The highest BCUT2D eigenvalue weighted by molar-refractivity contribution is 6.37. The number of hydrogen-bond donors (Lipinski definition) is 1. The third-order valence-corrected chi connectivity index (χ3v) is 6.18. The fourth-order valence-corrected chi connectivity index (χ4v) is 4.61. The number of rotatable bonds is 6. The number of nitrogens with zero attached hydrogens (tertiary/aromatic N) is 3. The first-order valence-corrected chi connectivity index (χ1v) is 12.0. The Labute approximate surface area is 217 Å². The number of carbonyl (C=O) groups is 2. The summed E-state index contributed by atoms with van der Waals surface area (Å²) in [4.78, 5) is 30.3. The summed E-state index contributed by atoms with van der Waals surface area (Å²) >= 11 is 13.2. The topological polar surface area (TPSA) is 97.6 Å². The Balaban J connectivity index is 1.49. The Morgan fingerprint density at radius 3 is 2.33 bits per heavy atom. The fourth-order valence-electron chi connectivity index (χ4n) is 3.76. The minimum absolute atomic E-state index is 0.217. The van der Waals surface area contributed by atoms with E-state index in [0.29, 0.717) is 45.5 Å². The Hall–Kier alpha value is -3.17. The lowest BCUT2D eigenvalue weighted by atomic mass is 9.94. The normalized spacial score (nSPS) is 14.3. The highest BCUT2D eigenvalue weighted by Crippen LogP contribution is 2.57. The molecule has 1 saturated carbocycles. The van der Waals surface area contributed by atoms with E-state index in [9.17, 15) is 14.0 Å². The molecule has 190 valence electrons. The van der Waals surface area contributed by atoms with E-state index in [4.69, 9.17) is 32.5 Å². The van der Waals surface area contributed by atoms with E-state index in [2.05, 4.69) is 15.5 Å². The maximum atomic E-state index is 13.2. The van der Waals surface area contributed by atoms with Crippen molar-refractivity contribution in [2.45, 2.75) is 44.6 Å². The van der Waals surface area contributed by atoms with Gasteiger partial charge in [0.25, 0.3) is 5.89 Å². The molecular weight excluding hydrogens is 510 g/mol. The molecule has 8 nitrogen and oxygen atoms in total. The SMILES string of the molecule is CN(CC(=O)Nc1cc(Cl)c(C2(c3noc(-c4ccc(F)cc4)n3)CC2)c(Cl)c1)C(=O)OC(C)(C)C. The van der Waals surface area contributed by atoms with Crippen molar-refractivity contribution in [2.75, 3.05) is 18.9 Å². The summed E-state index contributed by atoms with van der Waals surface area (Å²) in [6.07, 6.45) is 0.808. The van der Waals surface area contributed by atoms with Crippen molar-refractivity contribution in [2.24, 2.45) is 0 Å². The molecule has 2 aromatic carbocycles. The van der Waals surface area contributed by atoms with E-state index in [1.54, 1.807) is 45.0 Å². The monoisotopic (exact) mass is 534 g/mol. The van der Waals surface area contributed by atoms with Gasteiger partial charge in [-0.05, 0) is 70.0 Å². The molecule has 3 aromatic rings. The standard InChI is InChI=1S/C25H25Cl2FN4O4/c1-24(2,3)35-23(34)32(4)13-19(33)29-16-11-17(26)20(18(27)12-16)25(9-10-25)22-30-21(36-31-22)14-5-7-15(28)8-6-14/h5-8,11-12H,9-10,13H2,1-4H3,(H,29,33). The van der Waals surface area contributed by atoms with Crippen LogP contribution >= 0.6 is 23.2 Å². The van der Waals surface area contributed by atoms with E-state index in [1.807, 2.05) is 0 Å². The zero-order valence-electron chi connectivity index (χ0n) is 20.2. The fraction of sp³-hybridized carbons (Fsp3) is 0.360. The van der Waals surface area contributed by atoms with Crippen LogP contribution in [0.1, 0.15) is 45.0 Å². The molecule has 11 heteroatoms. The van der Waals surface area contributed by atoms with Crippen molar-refractivity contribution in [3.05, 3.63) is 63.6 Å². The van der Waals surface area contributed by atoms with Crippen LogP contribution in [-0.2, 0) is 14.9 Å². The largest absolute Gasteiger partial charge is 0.444 e. The lowest BCUT2D eigenvalue weighted by molar-refractivity contribution is -0.117. The molecule has 1 N–H and O–H groups in total. The molecule has 1 aromatic heterocycles. The second-order valence-corrected chi connectivity index (χ2v) is 10.5. The molecule has 0 bridgehead atoms. The van der Waals surface area contributed by atoms with Gasteiger partial charge in [-0.15, -0.1) is 0 Å². The van der Waals surface area contributed by atoms with Crippen LogP contribution in [0.5, 0.6) is 0 Å². The van der Waals surface area contributed by atoms with Gasteiger partial charge in [0.2, 0.25) is 5.91 Å². The molecule has 0 aliphatic heterocycles. The van der Waals surface area contributed by atoms with Crippen LogP contribution in [0.15, 0.2) is 40.9 Å². The van der Waals surface area contributed by atoms with Crippen LogP contribution in [0, 0.1) is 5.82 Å². The number of ether oxygens (including phenoxy) is 1. The number of aromatic nitrogens is 2. The number of hydrogen-bond acceptors (Lipinski definition) is 6. The summed E-state index contributed by atoms with van der Waals surface area (Å²) in [5.74, 6) is -0.103. The smallest absolute Gasteiger partial charge is 0.410 e. The highest BCUT2D eigenvalue weighted by atomic mass is 35.5. The van der Waals surface area contributed by atoms with Crippen LogP contribution in [0.3, 0.4) is 0 Å². The molecule has 0 saturated heterocycles. The number of nitrogens with one attached hydrogen (secondary N) is 1. The predicted octanol–water partition coefficient (Wildman–Crippen LogP) is 6.07. The van der Waals surface area contributed by atoms with Crippen molar-refractivity contribution in [1.29, 1.82) is 0 Å². The van der Waals surface area contributed by atoms with Gasteiger partial charge in [-0.25, -0.2) is 9.18 Å². The van der Waals surface area contributed by atoms with Crippen LogP contribution < -0.4 is 5.32 Å². The molecule has 36 heavy (non-hydrogen) atoms. The predicted molar refractivity (Wildman–Crippen MR) is 134 cm³/mol. The number of amides is 2. The second kappa shape index (κ2) is 9.71. The van der Waals surface area contributed by atoms with Gasteiger partial charge in [-0.3, -0.25) is 4.79 Å². The Bertz CT molecular complexity index is 1280. The molecule has 0 unspecified atom stereocenters. The average molecular weight is 535 g/mol. The van der Waals surface area contributed by atoms with Gasteiger partial charge < -0.3 is 19.5 Å². The highest BCUT2D eigenvalue weighted by Gasteiger charge is 2.52. The molecule has 1 fully saturated rings. The van der Waals surface area contributed by atoms with Crippen molar-refractivity contribution >= 4 is 40.9 Å². The molecular formula is C25H25Cl2FN4O4. The van der Waals surface area contributed by atoms with Crippen molar-refractivity contribution in [3.63, 3.8) is 0 Å². The molecule has 1 aliphatic rings. The zero-order chi connectivity index (χ0) is 26.3. The van der Waals surface area contributed by atoms with E-state index in [-0.39, 0.29) is 18.3 Å². The van der Waals surface area contributed by atoms with Crippen molar-refractivity contribution in [3.8, 4) is 11.5 Å². The van der Waals surface area contributed by atoms with Gasteiger partial charge in [0.15, 0.2) is 5.82 Å². The van der Waals surface area contributed by atoms with Gasteiger partial charge in [-0.2, -0.15) is 4.98 Å². The summed E-state index contributed by atoms with van der Waals surface area (Å²) in [7, 11) is 1.47. The quantitative estimate of drug-likeness (QED) is 0.412. The maximum absolute atomic E-state index is 13.2. The minimum Gasteiger partial charge on any atom is -0.444 e. The summed E-state index contributed by atoms with van der Waals surface area (Å²) in [5.41, 5.74) is 0.330. The molecule has 2 amide bonds. The minimum atomic E-state index is -0.671. The summed E-state index contributed by atoms with van der Waals surface area (Å²) < 4.78 is 23.9. The van der Waals surface area contributed by atoms with Crippen LogP contribution in [0.4, 0.5) is 14.9 Å². The van der Waals surface area contributed by atoms with E-state index < -0.39 is 23.0 Å². The van der Waals surface area contributed by atoms with Gasteiger partial charge in [0.1, 0.15) is 18.0 Å². The molecule has 1 aliphatic carbocycles. The van der Waals surface area contributed by atoms with Gasteiger partial charge in [-0.1, -0.05) is 28.4 Å².